The first kappa shape index (κ1) is 13.5. The second-order valence-corrected chi connectivity index (χ2v) is 5.27. The van der Waals surface area contributed by atoms with Gasteiger partial charge in [-0.1, -0.05) is 40.0 Å². The van der Waals surface area contributed by atoms with E-state index in [-0.39, 0.29) is 0 Å². The quantitative estimate of drug-likeness (QED) is 0.559. The van der Waals surface area contributed by atoms with Gasteiger partial charge in [-0.3, -0.25) is 0 Å². The molecule has 0 saturated heterocycles. The van der Waals surface area contributed by atoms with Crippen molar-refractivity contribution >= 4 is 12.2 Å². The van der Waals surface area contributed by atoms with Gasteiger partial charge in [0.05, 0.1) is 0 Å². The van der Waals surface area contributed by atoms with E-state index in [1.807, 2.05) is 0 Å². The van der Waals surface area contributed by atoms with E-state index < -0.39 is 0 Å². The number of aromatic amines is 1. The van der Waals surface area contributed by atoms with Gasteiger partial charge in [-0.25, -0.2) is 0 Å². The van der Waals surface area contributed by atoms with E-state index in [0.29, 0.717) is 12.0 Å². The van der Waals surface area contributed by atoms with Crippen LogP contribution in [0.25, 0.3) is 0 Å². The number of rotatable bonds is 6. The number of imidazole rings is 1. The van der Waals surface area contributed by atoms with Gasteiger partial charge in [-0.05, 0) is 31.5 Å². The molecule has 0 amide bonds. The number of aromatic nitrogens is 2. The fourth-order valence-corrected chi connectivity index (χ4v) is 2.45. The average Bonchev–Trinajstić information content (AvgIpc) is 2.60. The maximum absolute atomic E-state index is 5.35. The highest BCUT2D eigenvalue weighted by molar-refractivity contribution is 7.71. The molecule has 0 aromatic carbocycles. The number of hydrogen-bond acceptors (Lipinski definition) is 1. The van der Waals surface area contributed by atoms with Gasteiger partial charge in [-0.15, -0.1) is 0 Å². The highest BCUT2D eigenvalue weighted by Gasteiger charge is 2.13. The Bertz CT molecular complexity index is 362. The topological polar surface area (TPSA) is 20.7 Å². The van der Waals surface area contributed by atoms with Crippen LogP contribution in [0, 0.1) is 4.77 Å². The van der Waals surface area contributed by atoms with E-state index in [9.17, 15) is 0 Å². The highest BCUT2D eigenvalue weighted by Crippen LogP contribution is 2.23. The molecule has 0 aliphatic carbocycles. The first-order valence-corrected chi connectivity index (χ1v) is 6.78. The summed E-state index contributed by atoms with van der Waals surface area (Å²) in [5, 5.41) is 0. The second-order valence-electron chi connectivity index (χ2n) is 4.89. The Kier molecular flexibility index (Phi) is 5.26. The molecule has 0 aliphatic rings. The molecule has 1 atom stereocenters. The molecule has 1 heterocycles. The molecule has 0 fully saturated rings. The van der Waals surface area contributed by atoms with Crippen LogP contribution in [0.1, 0.15) is 71.0 Å². The Balaban J connectivity index is 2.77. The first-order chi connectivity index (χ1) is 7.57. The third-order valence-corrected chi connectivity index (χ3v) is 3.41. The summed E-state index contributed by atoms with van der Waals surface area (Å²) in [7, 11) is 0. The van der Waals surface area contributed by atoms with E-state index >= 15 is 0 Å². The summed E-state index contributed by atoms with van der Waals surface area (Å²) in [5.41, 5.74) is 1.33. The van der Waals surface area contributed by atoms with Crippen LogP contribution in [0.4, 0.5) is 0 Å². The Labute approximate surface area is 104 Å². The van der Waals surface area contributed by atoms with E-state index in [1.165, 1.54) is 31.4 Å². The number of nitrogens with zero attached hydrogens (tertiary/aromatic N) is 1. The Morgan fingerprint density at radius 2 is 2.00 bits per heavy atom. The van der Waals surface area contributed by atoms with Gasteiger partial charge in [0.2, 0.25) is 0 Å². The molecule has 0 aliphatic heterocycles. The maximum atomic E-state index is 5.35. The lowest BCUT2D eigenvalue weighted by atomic mass is 10.1. The van der Waals surface area contributed by atoms with Gasteiger partial charge < -0.3 is 9.55 Å². The van der Waals surface area contributed by atoms with Gasteiger partial charge in [0.15, 0.2) is 4.77 Å². The molecule has 2 nitrogen and oxygen atoms in total. The van der Waals surface area contributed by atoms with Crippen LogP contribution in [0.3, 0.4) is 0 Å². The molecule has 1 aromatic rings. The third-order valence-electron chi connectivity index (χ3n) is 3.10. The molecular formula is C13H24N2S. The minimum Gasteiger partial charge on any atom is -0.337 e. The highest BCUT2D eigenvalue weighted by atomic mass is 32.1. The molecule has 0 radical (unpaired) electrons. The monoisotopic (exact) mass is 240 g/mol. The van der Waals surface area contributed by atoms with Crippen molar-refractivity contribution in [1.82, 2.24) is 9.55 Å². The van der Waals surface area contributed by atoms with Crippen molar-refractivity contribution in [1.29, 1.82) is 0 Å². The molecule has 1 aromatic heterocycles. The molecule has 0 saturated carbocycles. The van der Waals surface area contributed by atoms with Crippen LogP contribution in [-0.2, 0) is 0 Å². The summed E-state index contributed by atoms with van der Waals surface area (Å²) >= 11 is 5.35. The lowest BCUT2D eigenvalue weighted by Crippen LogP contribution is -2.10. The average molecular weight is 240 g/mol. The molecular weight excluding hydrogens is 216 g/mol. The fraction of sp³-hybridized carbons (Fsp3) is 0.769. The van der Waals surface area contributed by atoms with Crippen LogP contribution in [0.2, 0.25) is 0 Å². The third kappa shape index (κ3) is 3.21. The molecule has 1 N–H and O–H groups in total. The van der Waals surface area contributed by atoms with Gasteiger partial charge in [-0.2, -0.15) is 0 Å². The van der Waals surface area contributed by atoms with Crippen LogP contribution in [0.5, 0.6) is 0 Å². The van der Waals surface area contributed by atoms with E-state index in [1.54, 1.807) is 0 Å². The summed E-state index contributed by atoms with van der Waals surface area (Å²) in [4.78, 5) is 3.17. The van der Waals surface area contributed by atoms with Crippen LogP contribution in [0.15, 0.2) is 6.20 Å². The van der Waals surface area contributed by atoms with Gasteiger partial charge in [0.1, 0.15) is 0 Å². The summed E-state index contributed by atoms with van der Waals surface area (Å²) in [6, 6.07) is 0.516. The zero-order chi connectivity index (χ0) is 12.1. The van der Waals surface area contributed by atoms with Crippen LogP contribution < -0.4 is 0 Å². The lowest BCUT2D eigenvalue weighted by molar-refractivity contribution is 0.455. The Hall–Kier alpha value is -0.570. The Morgan fingerprint density at radius 3 is 2.56 bits per heavy atom. The molecule has 0 spiro atoms. The summed E-state index contributed by atoms with van der Waals surface area (Å²) in [5.74, 6) is 0.529. The molecule has 1 unspecified atom stereocenters. The number of unbranched alkanes of at least 4 members (excludes halogenated alkanes) is 2. The fourth-order valence-electron chi connectivity index (χ4n) is 2.11. The molecule has 3 heteroatoms. The molecule has 0 bridgehead atoms. The second kappa shape index (κ2) is 6.24. The van der Waals surface area contributed by atoms with Gasteiger partial charge in [0, 0.05) is 17.9 Å². The van der Waals surface area contributed by atoms with E-state index in [0.717, 1.165) is 4.77 Å². The van der Waals surface area contributed by atoms with Crippen molar-refractivity contribution < 1.29 is 0 Å². The predicted molar refractivity (Wildman–Crippen MR) is 72.6 cm³/mol. The van der Waals surface area contributed by atoms with Crippen molar-refractivity contribution in [2.24, 2.45) is 0 Å². The Morgan fingerprint density at radius 1 is 1.31 bits per heavy atom. The van der Waals surface area contributed by atoms with E-state index in [4.69, 9.17) is 12.2 Å². The SMILES string of the molecule is CCCCCC(C)n1c(C(C)C)c[nH]c1=S. The summed E-state index contributed by atoms with van der Waals surface area (Å²) in [6.07, 6.45) is 7.17. The standard InChI is InChI=1S/C13H24N2S/c1-5-6-7-8-11(4)15-12(10(2)3)9-14-13(15)16/h9-11H,5-8H2,1-4H3,(H,14,16). The summed E-state index contributed by atoms with van der Waals surface area (Å²) in [6.45, 7) is 8.94. The first-order valence-electron chi connectivity index (χ1n) is 6.37. The van der Waals surface area contributed by atoms with Crippen molar-refractivity contribution in [3.8, 4) is 0 Å². The van der Waals surface area contributed by atoms with E-state index in [2.05, 4.69) is 43.4 Å². The smallest absolute Gasteiger partial charge is 0.177 e. The van der Waals surface area contributed by atoms with Crippen molar-refractivity contribution in [3.63, 3.8) is 0 Å². The number of nitrogens with one attached hydrogen (secondary N) is 1. The van der Waals surface area contributed by atoms with Crippen molar-refractivity contribution in [2.45, 2.75) is 65.3 Å². The largest absolute Gasteiger partial charge is 0.337 e. The number of H-pyrrole nitrogens is 1. The van der Waals surface area contributed by atoms with Gasteiger partial charge in [0.25, 0.3) is 0 Å². The maximum Gasteiger partial charge on any atom is 0.177 e. The zero-order valence-corrected chi connectivity index (χ0v) is 11.7. The minimum atomic E-state index is 0.516. The zero-order valence-electron chi connectivity index (χ0n) is 10.9. The van der Waals surface area contributed by atoms with Gasteiger partial charge >= 0.3 is 0 Å². The van der Waals surface area contributed by atoms with Crippen LogP contribution >= 0.6 is 12.2 Å². The normalized spacial score (nSPS) is 13.3. The van der Waals surface area contributed by atoms with Crippen LogP contribution in [-0.4, -0.2) is 9.55 Å². The summed E-state index contributed by atoms with van der Waals surface area (Å²) < 4.78 is 3.16. The number of hydrogen-bond donors (Lipinski definition) is 1. The lowest BCUT2D eigenvalue weighted by Gasteiger charge is -2.18. The molecule has 92 valence electrons. The molecule has 1 rings (SSSR count). The van der Waals surface area contributed by atoms with Crippen molar-refractivity contribution in [3.05, 3.63) is 16.7 Å². The predicted octanol–water partition coefficient (Wildman–Crippen LogP) is 4.81. The van der Waals surface area contributed by atoms with Crippen molar-refractivity contribution in [2.75, 3.05) is 0 Å². The minimum absolute atomic E-state index is 0.516. The molecule has 16 heavy (non-hydrogen) atoms.